The number of nitrogens with zero attached hydrogens (tertiary/aromatic N) is 2. The van der Waals surface area contributed by atoms with E-state index >= 15 is 0 Å². The van der Waals surface area contributed by atoms with Gasteiger partial charge in [0.15, 0.2) is 0 Å². The Kier molecular flexibility index (Phi) is 6.01. The molecule has 1 aliphatic heterocycles. The standard InChI is InChI=1S/C17H28N2O2S/c1-15(2)17(16-11-7-6-8-12-16)18(3)22(20,21)19-13-9-4-5-10-14-19/h6-8,11-12,15,17H,4-5,9-10,13-14H2,1-3H3. The molecule has 0 bridgehead atoms. The van der Waals surface area contributed by atoms with Crippen molar-refractivity contribution in [3.63, 3.8) is 0 Å². The van der Waals surface area contributed by atoms with Crippen LogP contribution in [0.3, 0.4) is 0 Å². The Morgan fingerprint density at radius 3 is 2.05 bits per heavy atom. The summed E-state index contributed by atoms with van der Waals surface area (Å²) in [6.45, 7) is 5.44. The second-order valence-electron chi connectivity index (χ2n) is 6.44. The van der Waals surface area contributed by atoms with Crippen molar-refractivity contribution >= 4 is 10.2 Å². The molecule has 1 unspecified atom stereocenters. The average molecular weight is 324 g/mol. The fraction of sp³-hybridized carbons (Fsp3) is 0.647. The summed E-state index contributed by atoms with van der Waals surface area (Å²) >= 11 is 0. The quantitative estimate of drug-likeness (QED) is 0.832. The summed E-state index contributed by atoms with van der Waals surface area (Å²) in [6, 6.07) is 9.80. The second-order valence-corrected chi connectivity index (χ2v) is 8.42. The van der Waals surface area contributed by atoms with Crippen LogP contribution in [0.5, 0.6) is 0 Å². The highest BCUT2D eigenvalue weighted by atomic mass is 32.2. The molecular formula is C17H28N2O2S. The van der Waals surface area contributed by atoms with Crippen LogP contribution in [-0.4, -0.2) is 37.2 Å². The van der Waals surface area contributed by atoms with Crippen molar-refractivity contribution in [2.45, 2.75) is 45.6 Å². The van der Waals surface area contributed by atoms with E-state index in [1.54, 1.807) is 15.7 Å². The van der Waals surface area contributed by atoms with Crippen LogP contribution in [-0.2, 0) is 10.2 Å². The predicted octanol–water partition coefficient (Wildman–Crippen LogP) is 3.44. The van der Waals surface area contributed by atoms with Crippen molar-refractivity contribution in [1.29, 1.82) is 0 Å². The van der Waals surface area contributed by atoms with Crippen LogP contribution in [0.25, 0.3) is 0 Å². The van der Waals surface area contributed by atoms with Crippen molar-refractivity contribution < 1.29 is 8.42 Å². The van der Waals surface area contributed by atoms with Gasteiger partial charge in [0.1, 0.15) is 0 Å². The van der Waals surface area contributed by atoms with Gasteiger partial charge >= 0.3 is 0 Å². The van der Waals surface area contributed by atoms with Crippen molar-refractivity contribution in [2.24, 2.45) is 5.92 Å². The third kappa shape index (κ3) is 3.89. The SMILES string of the molecule is CC(C)C(c1ccccc1)N(C)S(=O)(=O)N1CCCCCC1. The first-order chi connectivity index (χ1) is 10.4. The van der Waals surface area contributed by atoms with Crippen LogP contribution in [0.2, 0.25) is 0 Å². The lowest BCUT2D eigenvalue weighted by Crippen LogP contribution is -2.45. The molecule has 1 aromatic carbocycles. The number of hydrogen-bond acceptors (Lipinski definition) is 2. The smallest absolute Gasteiger partial charge is 0.195 e. The van der Waals surface area contributed by atoms with E-state index in [0.717, 1.165) is 31.2 Å². The number of hydrogen-bond donors (Lipinski definition) is 0. The van der Waals surface area contributed by atoms with Gasteiger partial charge in [-0.15, -0.1) is 0 Å². The maximum atomic E-state index is 13.0. The summed E-state index contributed by atoms with van der Waals surface area (Å²) in [5, 5.41) is 0. The van der Waals surface area contributed by atoms with Crippen molar-refractivity contribution in [3.05, 3.63) is 35.9 Å². The Bertz CT molecular complexity index is 549. The fourth-order valence-corrected chi connectivity index (χ4v) is 5.00. The minimum atomic E-state index is -3.41. The normalized spacial score (nSPS) is 19.3. The molecule has 1 aliphatic rings. The lowest BCUT2D eigenvalue weighted by atomic mass is 9.96. The molecule has 0 N–H and O–H groups in total. The highest BCUT2D eigenvalue weighted by molar-refractivity contribution is 7.86. The highest BCUT2D eigenvalue weighted by Gasteiger charge is 2.34. The van der Waals surface area contributed by atoms with Gasteiger partial charge in [-0.2, -0.15) is 17.0 Å². The Morgan fingerprint density at radius 1 is 1.00 bits per heavy atom. The Balaban J connectivity index is 2.27. The van der Waals surface area contributed by atoms with E-state index in [-0.39, 0.29) is 12.0 Å². The van der Waals surface area contributed by atoms with Gasteiger partial charge in [-0.25, -0.2) is 0 Å². The van der Waals surface area contributed by atoms with Gasteiger partial charge < -0.3 is 0 Å². The first-order valence-corrected chi connectivity index (χ1v) is 9.62. The van der Waals surface area contributed by atoms with Gasteiger partial charge in [-0.05, 0) is 24.3 Å². The zero-order valence-corrected chi connectivity index (χ0v) is 14.7. The monoisotopic (exact) mass is 324 g/mol. The lowest BCUT2D eigenvalue weighted by molar-refractivity contribution is 0.272. The van der Waals surface area contributed by atoms with Crippen LogP contribution in [0, 0.1) is 5.92 Å². The third-order valence-electron chi connectivity index (χ3n) is 4.42. The molecule has 0 saturated carbocycles. The lowest BCUT2D eigenvalue weighted by Gasteiger charge is -2.34. The van der Waals surface area contributed by atoms with E-state index in [2.05, 4.69) is 13.8 Å². The van der Waals surface area contributed by atoms with Gasteiger partial charge in [-0.3, -0.25) is 0 Å². The highest BCUT2D eigenvalue weighted by Crippen LogP contribution is 2.31. The van der Waals surface area contributed by atoms with Gasteiger partial charge in [0.25, 0.3) is 10.2 Å². The molecule has 1 aromatic rings. The number of benzene rings is 1. The van der Waals surface area contributed by atoms with E-state index in [1.165, 1.54) is 0 Å². The zero-order chi connectivity index (χ0) is 16.2. The molecule has 4 nitrogen and oxygen atoms in total. The summed E-state index contributed by atoms with van der Waals surface area (Å²) in [5.74, 6) is 0.217. The molecule has 0 aromatic heterocycles. The molecule has 22 heavy (non-hydrogen) atoms. The van der Waals surface area contributed by atoms with Gasteiger partial charge in [0.2, 0.25) is 0 Å². The van der Waals surface area contributed by atoms with Gasteiger partial charge in [0, 0.05) is 20.1 Å². The van der Waals surface area contributed by atoms with Gasteiger partial charge in [-0.1, -0.05) is 57.0 Å². The van der Waals surface area contributed by atoms with Crippen LogP contribution in [0.4, 0.5) is 0 Å². The van der Waals surface area contributed by atoms with E-state index in [1.807, 2.05) is 30.3 Å². The molecule has 2 rings (SSSR count). The fourth-order valence-electron chi connectivity index (χ4n) is 3.26. The van der Waals surface area contributed by atoms with E-state index in [4.69, 9.17) is 0 Å². The van der Waals surface area contributed by atoms with Crippen molar-refractivity contribution in [3.8, 4) is 0 Å². The minimum Gasteiger partial charge on any atom is -0.195 e. The minimum absolute atomic E-state index is 0.130. The molecule has 0 amide bonds. The third-order valence-corrected chi connectivity index (χ3v) is 6.39. The largest absolute Gasteiger partial charge is 0.282 e. The molecule has 5 heteroatoms. The van der Waals surface area contributed by atoms with Gasteiger partial charge in [0.05, 0.1) is 6.04 Å². The average Bonchev–Trinajstić information content (AvgIpc) is 2.77. The second kappa shape index (κ2) is 7.57. The molecule has 0 spiro atoms. The molecule has 1 fully saturated rings. The summed E-state index contributed by atoms with van der Waals surface area (Å²) in [5.41, 5.74) is 1.05. The summed E-state index contributed by atoms with van der Waals surface area (Å²) in [4.78, 5) is 0. The van der Waals surface area contributed by atoms with Crippen molar-refractivity contribution in [2.75, 3.05) is 20.1 Å². The molecule has 1 atom stereocenters. The molecule has 1 saturated heterocycles. The first-order valence-electron chi connectivity index (χ1n) is 8.22. The Hall–Kier alpha value is -0.910. The Morgan fingerprint density at radius 2 is 1.55 bits per heavy atom. The van der Waals surface area contributed by atoms with Crippen LogP contribution >= 0.6 is 0 Å². The molecule has 1 heterocycles. The maximum Gasteiger partial charge on any atom is 0.282 e. The number of rotatable bonds is 5. The summed E-state index contributed by atoms with van der Waals surface area (Å²) in [7, 11) is -1.69. The first kappa shape index (κ1) is 17.4. The molecular weight excluding hydrogens is 296 g/mol. The molecule has 0 aliphatic carbocycles. The van der Waals surface area contributed by atoms with E-state index in [0.29, 0.717) is 13.1 Å². The topological polar surface area (TPSA) is 40.6 Å². The Labute approximate surface area is 135 Å². The zero-order valence-electron chi connectivity index (χ0n) is 13.9. The van der Waals surface area contributed by atoms with E-state index < -0.39 is 10.2 Å². The summed E-state index contributed by atoms with van der Waals surface area (Å²) < 4.78 is 29.3. The van der Waals surface area contributed by atoms with Crippen LogP contribution in [0.15, 0.2) is 30.3 Å². The molecule has 124 valence electrons. The summed E-state index contributed by atoms with van der Waals surface area (Å²) in [6.07, 6.45) is 4.18. The maximum absolute atomic E-state index is 13.0. The predicted molar refractivity (Wildman–Crippen MR) is 90.7 cm³/mol. The molecule has 0 radical (unpaired) electrons. The van der Waals surface area contributed by atoms with Crippen LogP contribution < -0.4 is 0 Å². The van der Waals surface area contributed by atoms with Crippen LogP contribution in [0.1, 0.15) is 51.1 Å². The van der Waals surface area contributed by atoms with Crippen molar-refractivity contribution in [1.82, 2.24) is 8.61 Å². The van der Waals surface area contributed by atoms with E-state index in [9.17, 15) is 8.42 Å².